The highest BCUT2D eigenvalue weighted by Gasteiger charge is 2.34. The van der Waals surface area contributed by atoms with Crippen LogP contribution in [0.1, 0.15) is 30.1 Å². The summed E-state index contributed by atoms with van der Waals surface area (Å²) in [4.78, 5) is 0. The van der Waals surface area contributed by atoms with Crippen molar-refractivity contribution in [2.75, 3.05) is 12.0 Å². The highest BCUT2D eigenvalue weighted by molar-refractivity contribution is 7.98. The fourth-order valence-corrected chi connectivity index (χ4v) is 2.01. The van der Waals surface area contributed by atoms with Gasteiger partial charge in [-0.05, 0) is 42.5 Å². The van der Waals surface area contributed by atoms with Gasteiger partial charge in [0.05, 0.1) is 11.7 Å². The fourth-order valence-electron chi connectivity index (χ4n) is 1.56. The summed E-state index contributed by atoms with van der Waals surface area (Å²) in [5.41, 5.74) is -1.23. The lowest BCUT2D eigenvalue weighted by Crippen LogP contribution is -2.10. The average Bonchev–Trinajstić information content (AvgIpc) is 2.28. The first-order valence-electron chi connectivity index (χ1n) is 5.40. The second-order valence-corrected chi connectivity index (χ2v) is 4.87. The number of alkyl halides is 3. The Morgan fingerprint density at radius 1 is 1.33 bits per heavy atom. The molecule has 0 amide bonds. The molecule has 1 aromatic carbocycles. The third kappa shape index (κ3) is 4.17. The topological polar surface area (TPSA) is 20.2 Å². The number of hydrogen-bond acceptors (Lipinski definition) is 2. The maximum absolute atomic E-state index is 13.0. The lowest BCUT2D eigenvalue weighted by molar-refractivity contribution is -0.140. The Balaban J connectivity index is 2.84. The van der Waals surface area contributed by atoms with E-state index in [0.29, 0.717) is 18.9 Å². The van der Waals surface area contributed by atoms with Crippen LogP contribution < -0.4 is 0 Å². The van der Waals surface area contributed by atoms with Gasteiger partial charge in [0.2, 0.25) is 0 Å². The number of thioether (sulfide) groups is 1. The standard InChI is InChI=1S/C12H14F4OS/c1-18-6-2-3-11(17)8-4-5-10(13)9(7-8)12(14,15)16/h4-5,7,11,17H,2-3,6H2,1H3. The summed E-state index contributed by atoms with van der Waals surface area (Å²) in [5, 5.41) is 9.73. The maximum Gasteiger partial charge on any atom is 0.419 e. The van der Waals surface area contributed by atoms with E-state index in [9.17, 15) is 22.7 Å². The monoisotopic (exact) mass is 282 g/mol. The third-order valence-corrected chi connectivity index (χ3v) is 3.20. The number of hydrogen-bond donors (Lipinski definition) is 1. The van der Waals surface area contributed by atoms with Crippen LogP contribution >= 0.6 is 11.8 Å². The molecular weight excluding hydrogens is 268 g/mol. The predicted molar refractivity (Wildman–Crippen MR) is 64.0 cm³/mol. The Morgan fingerprint density at radius 3 is 2.56 bits per heavy atom. The predicted octanol–water partition coefficient (Wildman–Crippen LogP) is 4.02. The molecule has 102 valence electrons. The summed E-state index contributed by atoms with van der Waals surface area (Å²) in [6.07, 6.45) is -2.76. The smallest absolute Gasteiger partial charge is 0.388 e. The molecule has 1 N–H and O–H groups in total. The minimum atomic E-state index is -4.74. The van der Waals surface area contributed by atoms with E-state index in [2.05, 4.69) is 0 Å². The van der Waals surface area contributed by atoms with Gasteiger partial charge in [0.15, 0.2) is 0 Å². The summed E-state index contributed by atoms with van der Waals surface area (Å²) in [6, 6.07) is 2.61. The second-order valence-electron chi connectivity index (χ2n) is 3.89. The van der Waals surface area contributed by atoms with Crippen LogP contribution in [0.2, 0.25) is 0 Å². The number of aliphatic hydroxyl groups excluding tert-OH is 1. The van der Waals surface area contributed by atoms with Crippen molar-refractivity contribution in [1.29, 1.82) is 0 Å². The van der Waals surface area contributed by atoms with Crippen molar-refractivity contribution in [2.24, 2.45) is 0 Å². The largest absolute Gasteiger partial charge is 0.419 e. The normalized spacial score (nSPS) is 13.7. The van der Waals surface area contributed by atoms with Crippen molar-refractivity contribution < 1.29 is 22.7 Å². The summed E-state index contributed by atoms with van der Waals surface area (Å²) < 4.78 is 50.5. The van der Waals surface area contributed by atoms with E-state index in [0.717, 1.165) is 11.8 Å². The highest BCUT2D eigenvalue weighted by Crippen LogP contribution is 2.33. The van der Waals surface area contributed by atoms with Gasteiger partial charge in [0.25, 0.3) is 0 Å². The zero-order chi connectivity index (χ0) is 13.8. The first-order chi connectivity index (χ1) is 8.36. The van der Waals surface area contributed by atoms with Crippen LogP contribution in [0.15, 0.2) is 18.2 Å². The van der Waals surface area contributed by atoms with Gasteiger partial charge < -0.3 is 5.11 Å². The first kappa shape index (κ1) is 15.3. The average molecular weight is 282 g/mol. The number of benzene rings is 1. The molecule has 0 spiro atoms. The van der Waals surface area contributed by atoms with Crippen LogP contribution in [-0.2, 0) is 6.18 Å². The Kier molecular flexibility index (Phi) is 5.47. The molecule has 0 saturated heterocycles. The van der Waals surface area contributed by atoms with Gasteiger partial charge in [-0.3, -0.25) is 0 Å². The Bertz CT molecular complexity index is 392. The zero-order valence-electron chi connectivity index (χ0n) is 9.80. The van der Waals surface area contributed by atoms with E-state index in [1.54, 1.807) is 11.8 Å². The number of halogens is 4. The van der Waals surface area contributed by atoms with Crippen LogP contribution in [0.5, 0.6) is 0 Å². The molecule has 0 fully saturated rings. The summed E-state index contributed by atoms with van der Waals surface area (Å²) >= 11 is 1.60. The van der Waals surface area contributed by atoms with Crippen LogP contribution in [0.25, 0.3) is 0 Å². The van der Waals surface area contributed by atoms with Gasteiger partial charge in [-0.2, -0.15) is 24.9 Å². The van der Waals surface area contributed by atoms with Gasteiger partial charge in [-0.25, -0.2) is 4.39 Å². The summed E-state index contributed by atoms with van der Waals surface area (Å²) in [6.45, 7) is 0. The van der Waals surface area contributed by atoms with E-state index < -0.39 is 23.7 Å². The maximum atomic E-state index is 13.0. The molecule has 0 aliphatic carbocycles. The van der Waals surface area contributed by atoms with Crippen LogP contribution in [0, 0.1) is 5.82 Å². The molecule has 0 saturated carbocycles. The van der Waals surface area contributed by atoms with Gasteiger partial charge in [0, 0.05) is 0 Å². The highest BCUT2D eigenvalue weighted by atomic mass is 32.2. The van der Waals surface area contributed by atoms with Gasteiger partial charge in [-0.1, -0.05) is 6.07 Å². The van der Waals surface area contributed by atoms with Gasteiger partial charge in [-0.15, -0.1) is 0 Å². The van der Waals surface area contributed by atoms with E-state index in [1.807, 2.05) is 6.26 Å². The molecule has 0 aliphatic rings. The molecule has 0 radical (unpaired) electrons. The van der Waals surface area contributed by atoms with Gasteiger partial charge >= 0.3 is 6.18 Å². The van der Waals surface area contributed by atoms with Crippen molar-refractivity contribution in [3.05, 3.63) is 35.1 Å². The number of rotatable bonds is 5. The Labute approximate surface area is 107 Å². The fraction of sp³-hybridized carbons (Fsp3) is 0.500. The molecule has 1 aromatic rings. The van der Waals surface area contributed by atoms with E-state index >= 15 is 0 Å². The summed E-state index contributed by atoms with van der Waals surface area (Å²) in [7, 11) is 0. The first-order valence-corrected chi connectivity index (χ1v) is 6.79. The van der Waals surface area contributed by atoms with E-state index in [4.69, 9.17) is 0 Å². The van der Waals surface area contributed by atoms with Crippen LogP contribution in [0.4, 0.5) is 17.6 Å². The van der Waals surface area contributed by atoms with Crippen molar-refractivity contribution in [3.8, 4) is 0 Å². The third-order valence-electron chi connectivity index (χ3n) is 2.51. The molecule has 18 heavy (non-hydrogen) atoms. The SMILES string of the molecule is CSCCCC(O)c1ccc(F)c(C(F)(F)F)c1. The molecule has 1 unspecified atom stereocenters. The molecule has 0 aromatic heterocycles. The van der Waals surface area contributed by atoms with Gasteiger partial charge in [0.1, 0.15) is 5.82 Å². The Morgan fingerprint density at radius 2 is 2.00 bits per heavy atom. The van der Waals surface area contributed by atoms with E-state index in [-0.39, 0.29) is 5.56 Å². The molecule has 6 heteroatoms. The second kappa shape index (κ2) is 6.43. The Hall–Kier alpha value is -0.750. The van der Waals surface area contributed by atoms with Crippen molar-refractivity contribution in [1.82, 2.24) is 0 Å². The van der Waals surface area contributed by atoms with Crippen LogP contribution in [0.3, 0.4) is 0 Å². The molecule has 0 bridgehead atoms. The minimum Gasteiger partial charge on any atom is -0.388 e. The van der Waals surface area contributed by atoms with E-state index in [1.165, 1.54) is 6.07 Å². The summed E-state index contributed by atoms with van der Waals surface area (Å²) in [5.74, 6) is -0.493. The van der Waals surface area contributed by atoms with Crippen molar-refractivity contribution >= 4 is 11.8 Å². The van der Waals surface area contributed by atoms with Crippen molar-refractivity contribution in [2.45, 2.75) is 25.1 Å². The molecule has 0 heterocycles. The molecule has 1 atom stereocenters. The molecule has 0 aliphatic heterocycles. The lowest BCUT2D eigenvalue weighted by atomic mass is 10.0. The lowest BCUT2D eigenvalue weighted by Gasteiger charge is -2.14. The van der Waals surface area contributed by atoms with Crippen LogP contribution in [-0.4, -0.2) is 17.1 Å². The molecule has 1 rings (SSSR count). The molecule has 1 nitrogen and oxygen atoms in total. The minimum absolute atomic E-state index is 0.102. The number of aliphatic hydroxyl groups is 1. The molecular formula is C12H14F4OS. The zero-order valence-corrected chi connectivity index (χ0v) is 10.6. The quantitative estimate of drug-likeness (QED) is 0.650. The van der Waals surface area contributed by atoms with Crippen molar-refractivity contribution in [3.63, 3.8) is 0 Å².